The number of nitrogens with zero attached hydrogens (tertiary/aromatic N) is 4. The molecule has 0 radical (unpaired) electrons. The maximum absolute atomic E-state index is 8.49. The average molecular weight is 221 g/mol. The molecule has 1 aliphatic rings. The summed E-state index contributed by atoms with van der Waals surface area (Å²) in [5, 5.41) is 11.4. The Kier molecular flexibility index (Phi) is 3.19. The first kappa shape index (κ1) is 10.7. The third-order valence-corrected chi connectivity index (χ3v) is 2.69. The van der Waals surface area contributed by atoms with Crippen LogP contribution in [0.2, 0.25) is 0 Å². The van der Waals surface area contributed by atoms with E-state index in [1.807, 2.05) is 0 Å². The van der Waals surface area contributed by atoms with E-state index in [9.17, 15) is 0 Å². The summed E-state index contributed by atoms with van der Waals surface area (Å²) < 4.78 is 0. The fourth-order valence-corrected chi connectivity index (χ4v) is 1.79. The normalized spacial score (nSPS) is 17.5. The number of nitrogens with two attached hydrogens (primary N) is 1. The van der Waals surface area contributed by atoms with Crippen molar-refractivity contribution in [1.82, 2.24) is 9.97 Å². The van der Waals surface area contributed by atoms with Gasteiger partial charge in [-0.25, -0.2) is 9.97 Å². The quantitative estimate of drug-likeness (QED) is 0.330. The topological polar surface area (TPSA) is 87.6 Å². The molecule has 1 fully saturated rings. The van der Waals surface area contributed by atoms with Crippen molar-refractivity contribution in [2.75, 3.05) is 18.0 Å². The highest BCUT2D eigenvalue weighted by molar-refractivity contribution is 5.94. The number of aromatic nitrogens is 2. The van der Waals surface area contributed by atoms with Crippen molar-refractivity contribution in [2.24, 2.45) is 10.9 Å². The highest BCUT2D eigenvalue weighted by Gasteiger charge is 2.12. The molecule has 3 N–H and O–H groups in total. The van der Waals surface area contributed by atoms with Gasteiger partial charge in [0.15, 0.2) is 5.84 Å². The lowest BCUT2D eigenvalue weighted by atomic mass is 10.1. The summed E-state index contributed by atoms with van der Waals surface area (Å²) in [6, 6.07) is 0. The van der Waals surface area contributed by atoms with Crippen LogP contribution in [0.1, 0.15) is 25.0 Å². The van der Waals surface area contributed by atoms with Crippen LogP contribution in [-0.2, 0) is 0 Å². The van der Waals surface area contributed by atoms with E-state index in [0.717, 1.165) is 18.9 Å². The molecular weight excluding hydrogens is 206 g/mol. The fraction of sp³-hybridized carbons (Fsp3) is 0.500. The SMILES string of the molecule is NC(=NO)c1cnc(N2CCCCC2)cn1. The van der Waals surface area contributed by atoms with Crippen LogP contribution in [0.25, 0.3) is 0 Å². The molecule has 0 aromatic carbocycles. The first-order valence-corrected chi connectivity index (χ1v) is 5.36. The molecule has 2 rings (SSSR count). The lowest BCUT2D eigenvalue weighted by Gasteiger charge is -2.27. The largest absolute Gasteiger partial charge is 0.409 e. The second kappa shape index (κ2) is 4.78. The number of anilines is 1. The summed E-state index contributed by atoms with van der Waals surface area (Å²) in [5.74, 6) is 0.840. The van der Waals surface area contributed by atoms with Crippen molar-refractivity contribution in [3.05, 3.63) is 18.1 Å². The zero-order valence-electron chi connectivity index (χ0n) is 9.00. The van der Waals surface area contributed by atoms with Crippen LogP contribution in [0, 0.1) is 0 Å². The van der Waals surface area contributed by atoms with Crippen LogP contribution in [0.15, 0.2) is 17.5 Å². The van der Waals surface area contributed by atoms with E-state index in [2.05, 4.69) is 20.0 Å². The van der Waals surface area contributed by atoms with Crippen molar-refractivity contribution < 1.29 is 5.21 Å². The van der Waals surface area contributed by atoms with Gasteiger partial charge >= 0.3 is 0 Å². The van der Waals surface area contributed by atoms with Gasteiger partial charge in [-0.05, 0) is 19.3 Å². The summed E-state index contributed by atoms with van der Waals surface area (Å²) in [6.07, 6.45) is 6.87. The Hall–Kier alpha value is -1.85. The monoisotopic (exact) mass is 221 g/mol. The van der Waals surface area contributed by atoms with Crippen molar-refractivity contribution in [1.29, 1.82) is 0 Å². The second-order valence-corrected chi connectivity index (χ2v) is 3.79. The minimum absolute atomic E-state index is 0.0160. The molecule has 6 heteroatoms. The van der Waals surface area contributed by atoms with Gasteiger partial charge in [0.1, 0.15) is 11.5 Å². The van der Waals surface area contributed by atoms with Gasteiger partial charge in [0.25, 0.3) is 0 Å². The molecular formula is C10H15N5O. The van der Waals surface area contributed by atoms with E-state index in [1.54, 1.807) is 6.20 Å². The maximum Gasteiger partial charge on any atom is 0.190 e. The molecule has 6 nitrogen and oxygen atoms in total. The van der Waals surface area contributed by atoms with Gasteiger partial charge in [-0.1, -0.05) is 5.16 Å². The Labute approximate surface area is 93.8 Å². The zero-order chi connectivity index (χ0) is 11.4. The number of rotatable bonds is 2. The van der Waals surface area contributed by atoms with Crippen LogP contribution in [0.3, 0.4) is 0 Å². The van der Waals surface area contributed by atoms with Gasteiger partial charge in [0, 0.05) is 13.1 Å². The first-order chi connectivity index (χ1) is 7.81. The highest BCUT2D eigenvalue weighted by atomic mass is 16.4. The molecule has 1 aromatic heterocycles. The summed E-state index contributed by atoms with van der Waals surface area (Å²) in [7, 11) is 0. The highest BCUT2D eigenvalue weighted by Crippen LogP contribution is 2.16. The smallest absolute Gasteiger partial charge is 0.190 e. The van der Waals surface area contributed by atoms with Gasteiger partial charge in [0.05, 0.1) is 12.4 Å². The van der Waals surface area contributed by atoms with E-state index in [1.165, 1.54) is 25.5 Å². The van der Waals surface area contributed by atoms with Crippen molar-refractivity contribution in [3.8, 4) is 0 Å². The molecule has 1 aliphatic heterocycles. The third kappa shape index (κ3) is 2.21. The number of amidine groups is 1. The summed E-state index contributed by atoms with van der Waals surface area (Å²) in [4.78, 5) is 10.6. The van der Waals surface area contributed by atoms with E-state index in [0.29, 0.717) is 5.69 Å². The van der Waals surface area contributed by atoms with Crippen LogP contribution in [0.5, 0.6) is 0 Å². The van der Waals surface area contributed by atoms with E-state index in [4.69, 9.17) is 10.9 Å². The third-order valence-electron chi connectivity index (χ3n) is 2.69. The molecule has 0 saturated carbocycles. The Morgan fingerprint density at radius 2 is 2.00 bits per heavy atom. The van der Waals surface area contributed by atoms with Crippen molar-refractivity contribution in [2.45, 2.75) is 19.3 Å². The summed E-state index contributed by atoms with van der Waals surface area (Å²) in [5.41, 5.74) is 5.80. The Morgan fingerprint density at radius 3 is 2.56 bits per heavy atom. The predicted octanol–water partition coefficient (Wildman–Crippen LogP) is 0.561. The molecule has 0 atom stereocenters. The fourth-order valence-electron chi connectivity index (χ4n) is 1.79. The van der Waals surface area contributed by atoms with E-state index < -0.39 is 0 Å². The van der Waals surface area contributed by atoms with Gasteiger partial charge in [0.2, 0.25) is 0 Å². The average Bonchev–Trinajstić information content (AvgIpc) is 2.39. The minimum atomic E-state index is -0.0160. The molecule has 1 aromatic rings. The van der Waals surface area contributed by atoms with Gasteiger partial charge in [-0.15, -0.1) is 0 Å². The molecule has 0 aliphatic carbocycles. The van der Waals surface area contributed by atoms with Gasteiger partial charge in [-0.2, -0.15) is 0 Å². The molecule has 0 spiro atoms. The number of piperidine rings is 1. The van der Waals surface area contributed by atoms with Crippen LogP contribution in [0.4, 0.5) is 5.82 Å². The Morgan fingerprint density at radius 1 is 1.25 bits per heavy atom. The van der Waals surface area contributed by atoms with Crippen LogP contribution >= 0.6 is 0 Å². The Balaban J connectivity index is 2.12. The molecule has 2 heterocycles. The standard InChI is InChI=1S/C10H15N5O/c11-10(14-16)8-6-13-9(7-12-8)15-4-2-1-3-5-15/h6-7,16H,1-5H2,(H2,11,14). The number of hydrogen-bond donors (Lipinski definition) is 2. The first-order valence-electron chi connectivity index (χ1n) is 5.36. The minimum Gasteiger partial charge on any atom is -0.409 e. The van der Waals surface area contributed by atoms with Crippen molar-refractivity contribution >= 4 is 11.7 Å². The zero-order valence-corrected chi connectivity index (χ0v) is 9.00. The molecule has 0 unspecified atom stereocenters. The maximum atomic E-state index is 8.49. The lowest BCUT2D eigenvalue weighted by molar-refractivity contribution is 0.318. The molecule has 86 valence electrons. The van der Waals surface area contributed by atoms with Gasteiger partial charge in [-0.3, -0.25) is 0 Å². The number of oxime groups is 1. The predicted molar refractivity (Wildman–Crippen MR) is 60.6 cm³/mol. The number of hydrogen-bond acceptors (Lipinski definition) is 5. The van der Waals surface area contributed by atoms with Crippen molar-refractivity contribution in [3.63, 3.8) is 0 Å². The van der Waals surface area contributed by atoms with Gasteiger partial charge < -0.3 is 15.8 Å². The molecule has 16 heavy (non-hydrogen) atoms. The molecule has 0 amide bonds. The lowest BCUT2D eigenvalue weighted by Crippen LogP contribution is -2.30. The summed E-state index contributed by atoms with van der Waals surface area (Å²) >= 11 is 0. The molecule has 1 saturated heterocycles. The molecule has 0 bridgehead atoms. The van der Waals surface area contributed by atoms with Crippen LogP contribution < -0.4 is 10.6 Å². The van der Waals surface area contributed by atoms with E-state index in [-0.39, 0.29) is 5.84 Å². The second-order valence-electron chi connectivity index (χ2n) is 3.79. The Bertz CT molecular complexity index is 369. The van der Waals surface area contributed by atoms with E-state index >= 15 is 0 Å². The summed E-state index contributed by atoms with van der Waals surface area (Å²) in [6.45, 7) is 2.05. The van der Waals surface area contributed by atoms with Crippen LogP contribution in [-0.4, -0.2) is 34.1 Å².